The van der Waals surface area contributed by atoms with Crippen LogP contribution in [0.2, 0.25) is 0 Å². The second kappa shape index (κ2) is 9.21. The summed E-state index contributed by atoms with van der Waals surface area (Å²) < 4.78 is 16.1. The number of hydrogen-bond donors (Lipinski definition) is 1. The summed E-state index contributed by atoms with van der Waals surface area (Å²) in [5.74, 6) is -0.750. The Morgan fingerprint density at radius 2 is 1.96 bits per heavy atom. The lowest BCUT2D eigenvalue weighted by atomic mass is 9.83. The molecular weight excluding hydrogens is 352 g/mol. The molecule has 0 saturated carbocycles. The number of carbonyl (C=O) groups is 3. The summed E-state index contributed by atoms with van der Waals surface area (Å²) in [6, 6.07) is 0. The molecule has 0 radical (unpaired) electrons. The van der Waals surface area contributed by atoms with Crippen molar-refractivity contribution in [2.24, 2.45) is 0 Å². The number of rotatable bonds is 7. The highest BCUT2D eigenvalue weighted by Gasteiger charge is 2.51. The van der Waals surface area contributed by atoms with Crippen molar-refractivity contribution < 1.29 is 28.6 Å². The van der Waals surface area contributed by atoms with Crippen LogP contribution in [0.3, 0.4) is 0 Å². The molecule has 27 heavy (non-hydrogen) atoms. The predicted octanol–water partition coefficient (Wildman–Crippen LogP) is 1.78. The van der Waals surface area contributed by atoms with E-state index in [1.807, 2.05) is 13.8 Å². The van der Waals surface area contributed by atoms with Crippen molar-refractivity contribution in [1.29, 1.82) is 0 Å². The third-order valence-electron chi connectivity index (χ3n) is 4.81. The van der Waals surface area contributed by atoms with Gasteiger partial charge < -0.3 is 24.4 Å². The molecular formula is C19H30N2O6. The molecule has 0 aromatic carbocycles. The van der Waals surface area contributed by atoms with Gasteiger partial charge >= 0.3 is 12.1 Å². The highest BCUT2D eigenvalue weighted by Crippen LogP contribution is 2.41. The van der Waals surface area contributed by atoms with Gasteiger partial charge in [-0.1, -0.05) is 0 Å². The average Bonchev–Trinajstić information content (AvgIpc) is 2.85. The Bertz CT molecular complexity index is 605. The first-order valence-corrected chi connectivity index (χ1v) is 9.57. The number of nitrogens with zero attached hydrogens (tertiary/aromatic N) is 1. The molecule has 0 unspecified atom stereocenters. The molecule has 0 bridgehead atoms. The fourth-order valence-electron chi connectivity index (χ4n) is 3.42. The topological polar surface area (TPSA) is 94.2 Å². The summed E-state index contributed by atoms with van der Waals surface area (Å²) >= 11 is 0. The molecule has 1 fully saturated rings. The predicted molar refractivity (Wildman–Crippen MR) is 98.1 cm³/mol. The van der Waals surface area contributed by atoms with Crippen LogP contribution in [-0.2, 0) is 23.8 Å². The van der Waals surface area contributed by atoms with E-state index < -0.39 is 11.6 Å². The van der Waals surface area contributed by atoms with E-state index in [-0.39, 0.29) is 18.1 Å². The Morgan fingerprint density at radius 1 is 1.30 bits per heavy atom. The fourth-order valence-corrected chi connectivity index (χ4v) is 3.42. The molecule has 2 amide bonds. The number of nitrogens with one attached hydrogen (secondary N) is 1. The maximum Gasteiger partial charge on any atom is 0.409 e. The maximum absolute atomic E-state index is 12.7. The van der Waals surface area contributed by atoms with Crippen LogP contribution in [0.25, 0.3) is 0 Å². The van der Waals surface area contributed by atoms with Crippen LogP contribution < -0.4 is 5.32 Å². The van der Waals surface area contributed by atoms with E-state index in [2.05, 4.69) is 5.32 Å². The van der Waals surface area contributed by atoms with Gasteiger partial charge in [0.15, 0.2) is 0 Å². The first-order valence-electron chi connectivity index (χ1n) is 9.57. The second-order valence-electron chi connectivity index (χ2n) is 7.10. The lowest BCUT2D eigenvalue weighted by Crippen LogP contribution is -2.50. The molecule has 2 heterocycles. The number of ether oxygens (including phenoxy) is 3. The molecule has 1 saturated heterocycles. The van der Waals surface area contributed by atoms with Crippen LogP contribution in [-0.4, -0.2) is 67.4 Å². The van der Waals surface area contributed by atoms with Crippen LogP contribution in [0.4, 0.5) is 4.79 Å². The van der Waals surface area contributed by atoms with Gasteiger partial charge in [-0.25, -0.2) is 9.59 Å². The molecule has 0 aliphatic carbocycles. The smallest absolute Gasteiger partial charge is 0.409 e. The first-order chi connectivity index (χ1) is 12.8. The fraction of sp³-hybridized carbons (Fsp3) is 0.737. The summed E-state index contributed by atoms with van der Waals surface area (Å²) in [5.41, 5.74) is -0.223. The number of piperidine rings is 1. The Balaban J connectivity index is 1.98. The van der Waals surface area contributed by atoms with Crippen molar-refractivity contribution in [2.45, 2.75) is 58.7 Å². The summed E-state index contributed by atoms with van der Waals surface area (Å²) in [6.07, 6.45) is 1.23. The monoisotopic (exact) mass is 382 g/mol. The third-order valence-corrected chi connectivity index (χ3v) is 4.81. The van der Waals surface area contributed by atoms with Crippen molar-refractivity contribution in [1.82, 2.24) is 10.2 Å². The van der Waals surface area contributed by atoms with E-state index in [0.29, 0.717) is 63.3 Å². The normalized spacial score (nSPS) is 18.9. The molecule has 0 aromatic heterocycles. The number of esters is 1. The standard InChI is InChI=1S/C19H30N2O6/c1-5-25-18(24)21-10-7-19(8-11-21)15(14(4)17(23)27-19)16(22)20-9-6-12-26-13(2)3/h13H,5-12H2,1-4H3,(H,20,22). The number of likely N-dealkylation sites (tertiary alicyclic amines) is 1. The minimum atomic E-state index is -0.956. The summed E-state index contributed by atoms with van der Waals surface area (Å²) in [5, 5.41) is 2.86. The lowest BCUT2D eigenvalue weighted by molar-refractivity contribution is -0.150. The first kappa shape index (κ1) is 21.2. The Labute approximate surface area is 160 Å². The van der Waals surface area contributed by atoms with E-state index in [1.54, 1.807) is 18.7 Å². The van der Waals surface area contributed by atoms with E-state index in [4.69, 9.17) is 14.2 Å². The Morgan fingerprint density at radius 3 is 2.56 bits per heavy atom. The molecule has 152 valence electrons. The molecule has 8 nitrogen and oxygen atoms in total. The van der Waals surface area contributed by atoms with Gasteiger partial charge in [-0.05, 0) is 34.1 Å². The minimum absolute atomic E-state index is 0.152. The largest absolute Gasteiger partial charge is 0.450 e. The zero-order valence-corrected chi connectivity index (χ0v) is 16.6. The maximum atomic E-state index is 12.7. The van der Waals surface area contributed by atoms with Crippen molar-refractivity contribution in [3.8, 4) is 0 Å². The van der Waals surface area contributed by atoms with Gasteiger partial charge in [-0.3, -0.25) is 4.79 Å². The summed E-state index contributed by atoms with van der Waals surface area (Å²) in [4.78, 5) is 38.4. The van der Waals surface area contributed by atoms with Gasteiger partial charge in [0.25, 0.3) is 5.91 Å². The van der Waals surface area contributed by atoms with Crippen molar-refractivity contribution in [3.63, 3.8) is 0 Å². The van der Waals surface area contributed by atoms with Gasteiger partial charge in [0, 0.05) is 44.7 Å². The van der Waals surface area contributed by atoms with E-state index in [0.717, 1.165) is 0 Å². The van der Waals surface area contributed by atoms with Crippen LogP contribution in [0.15, 0.2) is 11.1 Å². The van der Waals surface area contributed by atoms with Crippen molar-refractivity contribution in [2.75, 3.05) is 32.8 Å². The van der Waals surface area contributed by atoms with Crippen LogP contribution in [0.5, 0.6) is 0 Å². The van der Waals surface area contributed by atoms with Crippen molar-refractivity contribution in [3.05, 3.63) is 11.1 Å². The highest BCUT2D eigenvalue weighted by atomic mass is 16.6. The zero-order chi connectivity index (χ0) is 20.0. The van der Waals surface area contributed by atoms with Gasteiger partial charge in [0.1, 0.15) is 5.60 Å². The van der Waals surface area contributed by atoms with Gasteiger partial charge in [-0.15, -0.1) is 0 Å². The third kappa shape index (κ3) is 5.00. The molecule has 1 N–H and O–H groups in total. The molecule has 2 aliphatic rings. The lowest BCUT2D eigenvalue weighted by Gasteiger charge is -2.38. The minimum Gasteiger partial charge on any atom is -0.450 e. The van der Waals surface area contributed by atoms with E-state index >= 15 is 0 Å². The molecule has 1 spiro atoms. The Hall–Kier alpha value is -2.09. The molecule has 8 heteroatoms. The molecule has 0 atom stereocenters. The van der Waals surface area contributed by atoms with Gasteiger partial charge in [0.2, 0.25) is 0 Å². The highest BCUT2D eigenvalue weighted by molar-refractivity contribution is 6.07. The van der Waals surface area contributed by atoms with Crippen molar-refractivity contribution >= 4 is 18.0 Å². The van der Waals surface area contributed by atoms with Crippen LogP contribution in [0, 0.1) is 0 Å². The van der Waals surface area contributed by atoms with Crippen LogP contribution >= 0.6 is 0 Å². The van der Waals surface area contributed by atoms with Gasteiger partial charge in [-0.2, -0.15) is 0 Å². The quantitative estimate of drug-likeness (QED) is 0.533. The summed E-state index contributed by atoms with van der Waals surface area (Å²) in [7, 11) is 0. The molecule has 2 aliphatic heterocycles. The van der Waals surface area contributed by atoms with E-state index in [9.17, 15) is 14.4 Å². The van der Waals surface area contributed by atoms with E-state index in [1.165, 1.54) is 0 Å². The number of hydrogen-bond acceptors (Lipinski definition) is 6. The zero-order valence-electron chi connectivity index (χ0n) is 16.6. The number of amides is 2. The second-order valence-corrected chi connectivity index (χ2v) is 7.10. The van der Waals surface area contributed by atoms with Gasteiger partial charge in [0.05, 0.1) is 18.3 Å². The molecule has 2 rings (SSSR count). The Kier molecular flexibility index (Phi) is 7.24. The summed E-state index contributed by atoms with van der Waals surface area (Å²) in [6.45, 7) is 9.36. The molecule has 0 aromatic rings. The SMILES string of the molecule is CCOC(=O)N1CCC2(CC1)OC(=O)C(C)=C2C(=O)NCCCOC(C)C. The average molecular weight is 382 g/mol. The number of carbonyl (C=O) groups excluding carboxylic acids is 3. The van der Waals surface area contributed by atoms with Crippen LogP contribution in [0.1, 0.15) is 47.0 Å².